The van der Waals surface area contributed by atoms with E-state index < -0.39 is 0 Å². The molecule has 0 aliphatic heterocycles. The fourth-order valence-corrected chi connectivity index (χ4v) is 2.86. The predicted octanol–water partition coefficient (Wildman–Crippen LogP) is 2.59. The summed E-state index contributed by atoms with van der Waals surface area (Å²) in [5.74, 6) is 2.13. The SMILES string of the molecule is COc1cccc(-c2noc(CCNC(=O)C3CCCC3)n2)c1. The van der Waals surface area contributed by atoms with Crippen molar-refractivity contribution in [2.75, 3.05) is 13.7 Å². The Balaban J connectivity index is 1.53. The molecule has 1 aliphatic carbocycles. The molecule has 1 aromatic carbocycles. The summed E-state index contributed by atoms with van der Waals surface area (Å²) in [6.45, 7) is 0.523. The van der Waals surface area contributed by atoms with Crippen molar-refractivity contribution in [2.45, 2.75) is 32.1 Å². The van der Waals surface area contributed by atoms with Gasteiger partial charge >= 0.3 is 0 Å². The van der Waals surface area contributed by atoms with Crippen LogP contribution in [-0.2, 0) is 11.2 Å². The Kier molecular flexibility index (Phi) is 4.90. The van der Waals surface area contributed by atoms with E-state index >= 15 is 0 Å². The van der Waals surface area contributed by atoms with Crippen molar-refractivity contribution in [2.24, 2.45) is 5.92 Å². The maximum Gasteiger partial charge on any atom is 0.228 e. The van der Waals surface area contributed by atoms with Crippen molar-refractivity contribution in [1.29, 1.82) is 0 Å². The highest BCUT2D eigenvalue weighted by Gasteiger charge is 2.22. The van der Waals surface area contributed by atoms with E-state index in [1.165, 1.54) is 0 Å². The molecular formula is C17H21N3O3. The van der Waals surface area contributed by atoms with Crippen LogP contribution < -0.4 is 10.1 Å². The van der Waals surface area contributed by atoms with Crippen LogP contribution in [0.3, 0.4) is 0 Å². The van der Waals surface area contributed by atoms with Crippen molar-refractivity contribution >= 4 is 5.91 Å². The van der Waals surface area contributed by atoms with E-state index in [9.17, 15) is 4.79 Å². The van der Waals surface area contributed by atoms with E-state index in [0.717, 1.165) is 37.0 Å². The van der Waals surface area contributed by atoms with Crippen LogP contribution in [0.5, 0.6) is 5.75 Å². The lowest BCUT2D eigenvalue weighted by Crippen LogP contribution is -2.30. The van der Waals surface area contributed by atoms with Gasteiger partial charge in [-0.15, -0.1) is 0 Å². The van der Waals surface area contributed by atoms with Crippen LogP contribution in [0.2, 0.25) is 0 Å². The molecule has 1 amide bonds. The molecule has 0 radical (unpaired) electrons. The first kappa shape index (κ1) is 15.5. The Bertz CT molecular complexity index is 663. The van der Waals surface area contributed by atoms with Crippen LogP contribution in [0.15, 0.2) is 28.8 Å². The van der Waals surface area contributed by atoms with E-state index in [2.05, 4.69) is 15.5 Å². The number of amides is 1. The molecule has 0 bridgehead atoms. The molecule has 0 unspecified atom stereocenters. The Morgan fingerprint density at radius 2 is 2.22 bits per heavy atom. The van der Waals surface area contributed by atoms with Crippen LogP contribution in [-0.4, -0.2) is 29.7 Å². The zero-order valence-electron chi connectivity index (χ0n) is 13.2. The molecule has 2 aromatic rings. The third kappa shape index (κ3) is 3.88. The highest BCUT2D eigenvalue weighted by molar-refractivity contribution is 5.78. The fourth-order valence-electron chi connectivity index (χ4n) is 2.86. The highest BCUT2D eigenvalue weighted by Crippen LogP contribution is 2.24. The van der Waals surface area contributed by atoms with Gasteiger partial charge in [-0.05, 0) is 25.0 Å². The van der Waals surface area contributed by atoms with Crippen LogP contribution in [0.4, 0.5) is 0 Å². The van der Waals surface area contributed by atoms with Gasteiger partial charge in [-0.3, -0.25) is 4.79 Å². The van der Waals surface area contributed by atoms with E-state index in [-0.39, 0.29) is 11.8 Å². The predicted molar refractivity (Wildman–Crippen MR) is 85.0 cm³/mol. The van der Waals surface area contributed by atoms with Crippen LogP contribution >= 0.6 is 0 Å². The number of nitrogens with one attached hydrogen (secondary N) is 1. The quantitative estimate of drug-likeness (QED) is 0.886. The van der Waals surface area contributed by atoms with Crippen molar-refractivity contribution < 1.29 is 14.1 Å². The van der Waals surface area contributed by atoms with E-state index in [0.29, 0.717) is 24.7 Å². The van der Waals surface area contributed by atoms with Gasteiger partial charge in [-0.2, -0.15) is 4.98 Å². The van der Waals surface area contributed by atoms with Crippen molar-refractivity contribution in [3.05, 3.63) is 30.2 Å². The maximum absolute atomic E-state index is 11.9. The normalized spacial score (nSPS) is 14.8. The van der Waals surface area contributed by atoms with Gasteiger partial charge in [0.2, 0.25) is 17.6 Å². The van der Waals surface area contributed by atoms with Gasteiger partial charge in [-0.1, -0.05) is 30.1 Å². The van der Waals surface area contributed by atoms with Crippen LogP contribution in [0, 0.1) is 5.92 Å². The number of methoxy groups -OCH3 is 1. The first-order valence-electron chi connectivity index (χ1n) is 8.01. The Labute approximate surface area is 135 Å². The second-order valence-electron chi connectivity index (χ2n) is 5.77. The average molecular weight is 315 g/mol. The molecule has 1 fully saturated rings. The molecule has 0 atom stereocenters. The Morgan fingerprint density at radius 1 is 1.39 bits per heavy atom. The number of ether oxygens (including phenoxy) is 1. The van der Waals surface area contributed by atoms with Crippen molar-refractivity contribution in [3.8, 4) is 17.1 Å². The third-order valence-electron chi connectivity index (χ3n) is 4.16. The third-order valence-corrected chi connectivity index (χ3v) is 4.16. The molecule has 3 rings (SSSR count). The lowest BCUT2D eigenvalue weighted by Gasteiger charge is -2.08. The molecule has 6 heteroatoms. The van der Waals surface area contributed by atoms with E-state index in [1.54, 1.807) is 7.11 Å². The van der Waals surface area contributed by atoms with Crippen molar-refractivity contribution in [3.63, 3.8) is 0 Å². The minimum absolute atomic E-state index is 0.148. The van der Waals surface area contributed by atoms with Crippen molar-refractivity contribution in [1.82, 2.24) is 15.5 Å². The molecule has 1 saturated carbocycles. The van der Waals surface area contributed by atoms with E-state index in [1.807, 2.05) is 24.3 Å². The molecule has 122 valence electrons. The number of aromatic nitrogens is 2. The second-order valence-corrected chi connectivity index (χ2v) is 5.77. The number of hydrogen-bond acceptors (Lipinski definition) is 5. The molecule has 1 N–H and O–H groups in total. The second kappa shape index (κ2) is 7.26. The summed E-state index contributed by atoms with van der Waals surface area (Å²) < 4.78 is 10.4. The summed E-state index contributed by atoms with van der Waals surface area (Å²) in [6.07, 6.45) is 4.87. The van der Waals surface area contributed by atoms with Crippen LogP contribution in [0.25, 0.3) is 11.4 Å². The first-order chi connectivity index (χ1) is 11.3. The van der Waals surface area contributed by atoms with Gasteiger partial charge in [0.1, 0.15) is 5.75 Å². The molecule has 1 aliphatic rings. The smallest absolute Gasteiger partial charge is 0.228 e. The number of rotatable bonds is 6. The zero-order chi connectivity index (χ0) is 16.1. The number of nitrogens with zero attached hydrogens (tertiary/aromatic N) is 2. The number of benzene rings is 1. The molecular weight excluding hydrogens is 294 g/mol. The average Bonchev–Trinajstić information content (AvgIpc) is 3.26. The Morgan fingerprint density at radius 3 is 3.00 bits per heavy atom. The van der Waals surface area contributed by atoms with E-state index in [4.69, 9.17) is 9.26 Å². The fraction of sp³-hybridized carbons (Fsp3) is 0.471. The minimum Gasteiger partial charge on any atom is -0.497 e. The summed E-state index contributed by atoms with van der Waals surface area (Å²) in [7, 11) is 1.62. The standard InChI is InChI=1S/C17H21N3O3/c1-22-14-8-4-7-13(11-14)16-19-15(23-20-16)9-10-18-17(21)12-5-2-3-6-12/h4,7-8,11-12H,2-3,5-6,9-10H2,1H3,(H,18,21). The van der Waals surface area contributed by atoms with Gasteiger partial charge in [-0.25, -0.2) is 0 Å². The summed E-state index contributed by atoms with van der Waals surface area (Å²) in [4.78, 5) is 16.3. The molecule has 0 saturated heterocycles. The topological polar surface area (TPSA) is 77.3 Å². The Hall–Kier alpha value is -2.37. The maximum atomic E-state index is 11.9. The van der Waals surface area contributed by atoms with Gasteiger partial charge in [0.25, 0.3) is 0 Å². The largest absolute Gasteiger partial charge is 0.497 e. The lowest BCUT2D eigenvalue weighted by atomic mass is 10.1. The number of carbonyl (C=O) groups is 1. The molecule has 6 nitrogen and oxygen atoms in total. The number of hydrogen-bond donors (Lipinski definition) is 1. The van der Waals surface area contributed by atoms with Gasteiger partial charge in [0.15, 0.2) is 0 Å². The molecule has 1 heterocycles. The summed E-state index contributed by atoms with van der Waals surface area (Å²) in [5.41, 5.74) is 0.842. The van der Waals surface area contributed by atoms with Gasteiger partial charge in [0.05, 0.1) is 7.11 Å². The minimum atomic E-state index is 0.148. The van der Waals surface area contributed by atoms with Gasteiger partial charge < -0.3 is 14.6 Å². The molecule has 23 heavy (non-hydrogen) atoms. The monoisotopic (exact) mass is 315 g/mol. The van der Waals surface area contributed by atoms with Gasteiger partial charge in [0, 0.05) is 24.4 Å². The van der Waals surface area contributed by atoms with Crippen LogP contribution in [0.1, 0.15) is 31.6 Å². The molecule has 1 aromatic heterocycles. The highest BCUT2D eigenvalue weighted by atomic mass is 16.5. The zero-order valence-corrected chi connectivity index (χ0v) is 13.2. The summed E-state index contributed by atoms with van der Waals surface area (Å²) in [5, 5.41) is 6.94. The summed E-state index contributed by atoms with van der Waals surface area (Å²) in [6, 6.07) is 7.50. The first-order valence-corrected chi connectivity index (χ1v) is 8.01. The summed E-state index contributed by atoms with van der Waals surface area (Å²) >= 11 is 0. The number of carbonyl (C=O) groups excluding carboxylic acids is 1. The lowest BCUT2D eigenvalue weighted by molar-refractivity contribution is -0.124. The molecule has 0 spiro atoms.